The summed E-state index contributed by atoms with van der Waals surface area (Å²) in [7, 11) is 1.50. The zero-order valence-corrected chi connectivity index (χ0v) is 36.5. The van der Waals surface area contributed by atoms with Gasteiger partial charge in [-0.3, -0.25) is 34.8 Å². The number of anilines is 5. The molecule has 0 radical (unpaired) electrons. The number of rotatable bonds is 14. The number of nitrogens with two attached hydrogens (primary N) is 1. The van der Waals surface area contributed by atoms with Crippen LogP contribution in [0.5, 0.6) is 5.75 Å². The molecule has 65 heavy (non-hydrogen) atoms. The van der Waals surface area contributed by atoms with E-state index in [0.717, 1.165) is 58.2 Å². The molecule has 3 saturated heterocycles. The second-order valence-corrected chi connectivity index (χ2v) is 16.8. The van der Waals surface area contributed by atoms with Gasteiger partial charge in [0.25, 0.3) is 5.91 Å². The Bertz CT molecular complexity index is 2590. The summed E-state index contributed by atoms with van der Waals surface area (Å²) in [6.45, 7) is 5.28. The lowest BCUT2D eigenvalue weighted by molar-refractivity contribution is -0.134. The van der Waals surface area contributed by atoms with Crippen molar-refractivity contribution in [3.8, 4) is 16.9 Å². The van der Waals surface area contributed by atoms with E-state index in [-0.39, 0.29) is 35.6 Å². The smallest absolute Gasteiger partial charge is 0.265 e. The molecule has 8 rings (SSSR count). The summed E-state index contributed by atoms with van der Waals surface area (Å²) in [5.41, 5.74) is 12.4. The number of benzene rings is 4. The summed E-state index contributed by atoms with van der Waals surface area (Å²) in [6, 6.07) is 21.6. The highest BCUT2D eigenvalue weighted by molar-refractivity contribution is 6.33. The maximum absolute atomic E-state index is 15.5. The van der Waals surface area contributed by atoms with Crippen LogP contribution in [0.4, 0.5) is 37.6 Å². The number of methoxy groups -OCH3 is 1. The number of hydrazine groups is 1. The van der Waals surface area contributed by atoms with Gasteiger partial charge in [-0.25, -0.2) is 18.8 Å². The van der Waals surface area contributed by atoms with Gasteiger partial charge in [-0.05, 0) is 98.3 Å². The van der Waals surface area contributed by atoms with Gasteiger partial charge in [0.2, 0.25) is 23.7 Å². The van der Waals surface area contributed by atoms with Crippen LogP contribution in [0.2, 0.25) is 5.02 Å². The predicted octanol–water partition coefficient (Wildman–Crippen LogP) is 6.76. The lowest BCUT2D eigenvalue weighted by Crippen LogP contribution is -2.48. The number of amides is 4. The first-order chi connectivity index (χ1) is 31.4. The van der Waals surface area contributed by atoms with E-state index in [1.54, 1.807) is 66.7 Å². The van der Waals surface area contributed by atoms with Crippen LogP contribution < -0.4 is 36.7 Å². The third kappa shape index (κ3) is 10.6. The van der Waals surface area contributed by atoms with E-state index in [9.17, 15) is 23.6 Å². The van der Waals surface area contributed by atoms with Crippen LogP contribution in [0.25, 0.3) is 11.1 Å². The van der Waals surface area contributed by atoms with Gasteiger partial charge in [-0.15, -0.1) is 0 Å². The number of carbonyl (C=O) groups excluding carboxylic acids is 4. The van der Waals surface area contributed by atoms with E-state index in [1.807, 2.05) is 9.91 Å². The van der Waals surface area contributed by atoms with Crippen molar-refractivity contribution in [2.45, 2.75) is 38.0 Å². The van der Waals surface area contributed by atoms with Crippen molar-refractivity contribution < 1.29 is 32.7 Å². The Hall–Kier alpha value is -6.69. The van der Waals surface area contributed by atoms with Crippen molar-refractivity contribution in [2.24, 2.45) is 11.7 Å². The quantitative estimate of drug-likeness (QED) is 0.0739. The third-order valence-electron chi connectivity index (χ3n) is 12.2. The van der Waals surface area contributed by atoms with E-state index in [0.29, 0.717) is 75.5 Å². The summed E-state index contributed by atoms with van der Waals surface area (Å²) in [4.78, 5) is 62.3. The van der Waals surface area contributed by atoms with Gasteiger partial charge >= 0.3 is 0 Å². The molecule has 4 amide bonds. The lowest BCUT2D eigenvalue weighted by Gasteiger charge is -2.38. The second-order valence-electron chi connectivity index (χ2n) is 16.4. The molecule has 0 bridgehead atoms. The van der Waals surface area contributed by atoms with Crippen LogP contribution in [0, 0.1) is 17.6 Å². The number of aromatic nitrogens is 2. The Morgan fingerprint density at radius 1 is 0.877 bits per heavy atom. The van der Waals surface area contributed by atoms with Gasteiger partial charge in [-0.1, -0.05) is 29.8 Å². The number of halogens is 3. The molecule has 338 valence electrons. The minimum absolute atomic E-state index is 0.105. The Kier molecular flexibility index (Phi) is 13.8. The summed E-state index contributed by atoms with van der Waals surface area (Å²) >= 11 is 6.41. The number of ether oxygens (including phenoxy) is 1. The fraction of sp³-hybridized carbons (Fsp3) is 0.319. The summed E-state index contributed by atoms with van der Waals surface area (Å²) in [5.74, 6) is -2.39. The Morgan fingerprint density at radius 3 is 2.32 bits per heavy atom. The molecule has 3 aliphatic rings. The summed E-state index contributed by atoms with van der Waals surface area (Å²) in [5, 5.41) is 10.7. The first kappa shape index (κ1) is 44.9. The fourth-order valence-electron chi connectivity index (χ4n) is 8.58. The van der Waals surface area contributed by atoms with E-state index in [4.69, 9.17) is 22.1 Å². The zero-order valence-electron chi connectivity index (χ0n) is 35.7. The van der Waals surface area contributed by atoms with E-state index < -0.39 is 29.4 Å². The van der Waals surface area contributed by atoms with Gasteiger partial charge in [0.15, 0.2) is 11.6 Å². The van der Waals surface area contributed by atoms with Crippen LogP contribution in [-0.4, -0.2) is 96.4 Å². The van der Waals surface area contributed by atoms with Crippen molar-refractivity contribution in [1.82, 2.24) is 30.6 Å². The first-order valence-electron chi connectivity index (χ1n) is 21.5. The number of nitrogens with zero attached hydrogens (tertiary/aromatic N) is 5. The number of hydrogen-bond acceptors (Lipinski definition) is 12. The number of piperidine rings is 2. The largest absolute Gasteiger partial charge is 0.496 e. The normalized spacial score (nSPS) is 17.4. The van der Waals surface area contributed by atoms with E-state index >= 15 is 4.39 Å². The Labute approximate surface area is 379 Å². The Morgan fingerprint density at radius 2 is 1.62 bits per heavy atom. The number of imide groups is 1. The molecule has 15 nitrogen and oxygen atoms in total. The highest BCUT2D eigenvalue weighted by Gasteiger charge is 2.32. The fourth-order valence-corrected chi connectivity index (χ4v) is 8.82. The molecule has 4 aromatic carbocycles. The first-order valence-corrected chi connectivity index (χ1v) is 21.9. The molecule has 1 unspecified atom stereocenters. The van der Waals surface area contributed by atoms with E-state index in [2.05, 4.69) is 36.2 Å². The van der Waals surface area contributed by atoms with E-state index in [1.165, 1.54) is 19.2 Å². The molecule has 3 aliphatic heterocycles. The maximum Gasteiger partial charge on any atom is 0.265 e. The zero-order chi connectivity index (χ0) is 45.6. The third-order valence-corrected chi connectivity index (χ3v) is 12.5. The van der Waals surface area contributed by atoms with Crippen molar-refractivity contribution in [3.63, 3.8) is 0 Å². The number of piperazine rings is 1. The SMILES string of the molecule is COc1cc(N2CCN(CCC3CCN(NC(=O)c4ccc(Nc5ncc(F)c(Nc6ccc(C(N)=O)c(-c7ccccc7Cl)c6)n5)cc4)CC3)CC2)c(F)cc1C1CCC(=O)NC1=O. The van der Waals surface area contributed by atoms with Gasteiger partial charge in [0, 0.05) is 90.4 Å². The van der Waals surface area contributed by atoms with Gasteiger partial charge in [-0.2, -0.15) is 4.98 Å². The molecule has 1 atom stereocenters. The van der Waals surface area contributed by atoms with Crippen molar-refractivity contribution >= 4 is 64.1 Å². The molecule has 6 N–H and O–H groups in total. The minimum Gasteiger partial charge on any atom is -0.496 e. The predicted molar refractivity (Wildman–Crippen MR) is 244 cm³/mol. The molecule has 3 fully saturated rings. The molecule has 4 heterocycles. The highest BCUT2D eigenvalue weighted by atomic mass is 35.5. The van der Waals surface area contributed by atoms with Gasteiger partial charge < -0.3 is 26.0 Å². The molecule has 0 spiro atoms. The number of nitrogens with one attached hydrogen (secondary N) is 4. The van der Waals surface area contributed by atoms with Crippen molar-refractivity contribution in [2.75, 3.05) is 68.5 Å². The van der Waals surface area contributed by atoms with Crippen LogP contribution >= 0.6 is 11.6 Å². The molecule has 1 aromatic heterocycles. The number of primary amides is 1. The monoisotopic (exact) mass is 906 g/mol. The standard InChI is InChI=1S/C47H49ClF2N10O5/c1-65-41-26-40(38(49)25-36(41)34-12-13-42(61)55-46(34)64)59-22-20-58(21-23-59)17-14-28-15-18-60(19-16-28)57-45(63)29-6-8-30(9-7-29)54-47-52-27-39(50)44(56-47)53-31-10-11-33(43(51)62)35(24-31)32-4-2-3-5-37(32)48/h2-11,24-28,34H,12-23H2,1H3,(H2,51,62)(H,57,63)(H,55,61,64)(H2,52,53,54,56). The minimum atomic E-state index is -0.699. The molecular weight excluding hydrogens is 858 g/mol. The van der Waals surface area contributed by atoms with Gasteiger partial charge in [0.1, 0.15) is 11.6 Å². The number of carbonyl (C=O) groups is 4. The average Bonchev–Trinajstić information content (AvgIpc) is 3.30. The number of hydrogen-bond donors (Lipinski definition) is 5. The average molecular weight is 907 g/mol. The van der Waals surface area contributed by atoms with Crippen LogP contribution in [0.1, 0.15) is 64.3 Å². The second kappa shape index (κ2) is 20.0. The van der Waals surface area contributed by atoms with Crippen LogP contribution in [0.3, 0.4) is 0 Å². The lowest BCUT2D eigenvalue weighted by atomic mass is 9.89. The van der Waals surface area contributed by atoms with Gasteiger partial charge in [0.05, 0.1) is 24.9 Å². The summed E-state index contributed by atoms with van der Waals surface area (Å²) < 4.78 is 36.0. The van der Waals surface area contributed by atoms with Crippen molar-refractivity contribution in [1.29, 1.82) is 0 Å². The maximum atomic E-state index is 15.5. The molecule has 0 saturated carbocycles. The molecule has 18 heteroatoms. The topological polar surface area (TPSA) is 187 Å². The Balaban J connectivity index is 0.779. The highest BCUT2D eigenvalue weighted by Crippen LogP contribution is 2.38. The van der Waals surface area contributed by atoms with Crippen molar-refractivity contribution in [3.05, 3.63) is 118 Å². The summed E-state index contributed by atoms with van der Waals surface area (Å²) in [6.07, 6.45) is 4.48. The molecular formula is C47H49ClF2N10O5. The molecule has 5 aromatic rings. The van der Waals surface area contributed by atoms with Crippen LogP contribution in [0.15, 0.2) is 85.1 Å². The van der Waals surface area contributed by atoms with Crippen LogP contribution in [-0.2, 0) is 9.59 Å². The molecule has 0 aliphatic carbocycles.